The number of fused-ring (bicyclic) bond motifs is 1. The van der Waals surface area contributed by atoms with Crippen LogP contribution in [0.25, 0.3) is 5.57 Å². The zero-order valence-electron chi connectivity index (χ0n) is 6.97. The first kappa shape index (κ1) is 7.81. The van der Waals surface area contributed by atoms with Crippen LogP contribution < -0.4 is 10.6 Å². The molecule has 2 rings (SSSR count). The predicted molar refractivity (Wildman–Crippen MR) is 50.8 cm³/mol. The van der Waals surface area contributed by atoms with Crippen molar-refractivity contribution in [2.75, 3.05) is 6.54 Å². The topological polar surface area (TPSA) is 12.4 Å². The molecule has 0 amide bonds. The van der Waals surface area contributed by atoms with Gasteiger partial charge in [-0.2, -0.15) is 0 Å². The van der Waals surface area contributed by atoms with E-state index in [2.05, 4.69) is 18.0 Å². The quantitative estimate of drug-likeness (QED) is 0.573. The molecule has 0 unspecified atom stereocenters. The van der Waals surface area contributed by atoms with E-state index in [0.717, 1.165) is 23.3 Å². The minimum Gasteiger partial charge on any atom is -0.284 e. The van der Waals surface area contributed by atoms with Gasteiger partial charge in [0.25, 0.3) is 0 Å². The molecular formula is C10H10ClN. The third-order valence-electron chi connectivity index (χ3n) is 2.19. The van der Waals surface area contributed by atoms with Crippen LogP contribution in [-0.2, 0) is 0 Å². The van der Waals surface area contributed by atoms with Crippen LogP contribution in [0, 0.1) is 0 Å². The van der Waals surface area contributed by atoms with Crippen LogP contribution in [0.2, 0.25) is 5.02 Å². The van der Waals surface area contributed by atoms with Gasteiger partial charge in [-0.3, -0.25) is 4.99 Å². The minimum absolute atomic E-state index is 0.771. The van der Waals surface area contributed by atoms with Gasteiger partial charge in [0.1, 0.15) is 0 Å². The van der Waals surface area contributed by atoms with Gasteiger partial charge in [0.05, 0.1) is 5.36 Å². The van der Waals surface area contributed by atoms with E-state index < -0.39 is 0 Å². The molecule has 0 fully saturated rings. The van der Waals surface area contributed by atoms with Crippen LogP contribution in [0.5, 0.6) is 0 Å². The molecule has 0 saturated carbocycles. The van der Waals surface area contributed by atoms with Gasteiger partial charge >= 0.3 is 0 Å². The summed E-state index contributed by atoms with van der Waals surface area (Å²) in [5.41, 5.74) is 1.41. The van der Waals surface area contributed by atoms with E-state index in [-0.39, 0.29) is 0 Å². The number of hydrogen-bond donors (Lipinski definition) is 0. The van der Waals surface area contributed by atoms with Crippen molar-refractivity contribution in [3.8, 4) is 0 Å². The zero-order valence-corrected chi connectivity index (χ0v) is 7.73. The molecule has 0 bridgehead atoms. The van der Waals surface area contributed by atoms with E-state index in [9.17, 15) is 0 Å². The SMILES string of the molecule is CC1=c2ccc(Cl)cc2=NCC1. The fourth-order valence-corrected chi connectivity index (χ4v) is 1.64. The van der Waals surface area contributed by atoms with Crippen molar-refractivity contribution >= 4 is 17.2 Å². The van der Waals surface area contributed by atoms with Crippen molar-refractivity contribution in [1.82, 2.24) is 0 Å². The second-order valence-electron chi connectivity index (χ2n) is 3.07. The lowest BCUT2D eigenvalue weighted by Crippen LogP contribution is -2.30. The molecule has 1 aliphatic heterocycles. The van der Waals surface area contributed by atoms with Crippen LogP contribution in [0.15, 0.2) is 23.2 Å². The van der Waals surface area contributed by atoms with Crippen LogP contribution in [0.3, 0.4) is 0 Å². The second kappa shape index (κ2) is 2.91. The largest absolute Gasteiger partial charge is 0.284 e. The Morgan fingerprint density at radius 1 is 1.42 bits per heavy atom. The Morgan fingerprint density at radius 2 is 2.25 bits per heavy atom. The average Bonchev–Trinajstić information content (AvgIpc) is 2.04. The highest BCUT2D eigenvalue weighted by atomic mass is 35.5. The first-order valence-corrected chi connectivity index (χ1v) is 4.45. The molecule has 0 radical (unpaired) electrons. The number of hydrogen-bond acceptors (Lipinski definition) is 1. The van der Waals surface area contributed by atoms with Crippen molar-refractivity contribution < 1.29 is 0 Å². The fraction of sp³-hybridized carbons (Fsp3) is 0.300. The Hall–Kier alpha value is -0.820. The van der Waals surface area contributed by atoms with Gasteiger partial charge in [0.15, 0.2) is 0 Å². The Labute approximate surface area is 76.4 Å². The van der Waals surface area contributed by atoms with E-state index in [4.69, 9.17) is 11.6 Å². The predicted octanol–water partition coefficient (Wildman–Crippen LogP) is 1.53. The molecule has 0 aromatic heterocycles. The highest BCUT2D eigenvalue weighted by molar-refractivity contribution is 6.30. The van der Waals surface area contributed by atoms with Gasteiger partial charge in [-0.1, -0.05) is 23.2 Å². The second-order valence-corrected chi connectivity index (χ2v) is 3.51. The Kier molecular flexibility index (Phi) is 1.89. The molecule has 0 saturated heterocycles. The van der Waals surface area contributed by atoms with E-state index in [1.54, 1.807) is 0 Å². The normalized spacial score (nSPS) is 15.3. The Balaban J connectivity index is 2.85. The van der Waals surface area contributed by atoms with E-state index >= 15 is 0 Å². The maximum absolute atomic E-state index is 5.86. The average molecular weight is 180 g/mol. The van der Waals surface area contributed by atoms with Crippen LogP contribution in [-0.4, -0.2) is 6.54 Å². The molecular weight excluding hydrogens is 170 g/mol. The number of rotatable bonds is 0. The maximum Gasteiger partial charge on any atom is 0.0660 e. The lowest BCUT2D eigenvalue weighted by atomic mass is 10.1. The van der Waals surface area contributed by atoms with Gasteiger partial charge < -0.3 is 0 Å². The highest BCUT2D eigenvalue weighted by Crippen LogP contribution is 2.04. The molecule has 0 N–H and O–H groups in total. The molecule has 1 aliphatic rings. The summed E-state index contributed by atoms with van der Waals surface area (Å²) in [7, 11) is 0. The van der Waals surface area contributed by atoms with Crippen molar-refractivity contribution in [2.45, 2.75) is 13.3 Å². The maximum atomic E-state index is 5.86. The summed E-state index contributed by atoms with van der Waals surface area (Å²) in [6.07, 6.45) is 1.08. The molecule has 0 aliphatic carbocycles. The molecule has 0 spiro atoms. The number of halogens is 1. The molecule has 12 heavy (non-hydrogen) atoms. The first-order valence-electron chi connectivity index (χ1n) is 4.07. The summed E-state index contributed by atoms with van der Waals surface area (Å²) in [6, 6.07) is 5.90. The highest BCUT2D eigenvalue weighted by Gasteiger charge is 2.00. The number of benzene rings is 1. The molecule has 0 atom stereocenters. The molecule has 1 aromatic carbocycles. The molecule has 2 heteroatoms. The fourth-order valence-electron chi connectivity index (χ4n) is 1.48. The summed E-state index contributed by atoms with van der Waals surface area (Å²) < 4.78 is 0. The standard InChI is InChI=1S/C10H10ClN/c1-7-4-5-12-10-6-8(11)2-3-9(7)10/h2-3,6H,4-5H2,1H3. The summed E-state index contributed by atoms with van der Waals surface area (Å²) in [6.45, 7) is 3.06. The zero-order chi connectivity index (χ0) is 8.55. The molecule has 1 heterocycles. The third-order valence-corrected chi connectivity index (χ3v) is 2.42. The lowest BCUT2D eigenvalue weighted by molar-refractivity contribution is 0.932. The molecule has 1 nitrogen and oxygen atoms in total. The van der Waals surface area contributed by atoms with Crippen LogP contribution >= 0.6 is 11.6 Å². The summed E-state index contributed by atoms with van der Waals surface area (Å²) in [5.74, 6) is 0. The van der Waals surface area contributed by atoms with Crippen molar-refractivity contribution in [1.29, 1.82) is 0 Å². The van der Waals surface area contributed by atoms with Gasteiger partial charge in [0, 0.05) is 11.6 Å². The minimum atomic E-state index is 0.771. The first-order chi connectivity index (χ1) is 5.77. The van der Waals surface area contributed by atoms with Gasteiger partial charge in [-0.05, 0) is 30.7 Å². The van der Waals surface area contributed by atoms with E-state index in [1.807, 2.05) is 12.1 Å². The Bertz CT molecular complexity index is 420. The summed E-state index contributed by atoms with van der Waals surface area (Å²) >= 11 is 5.86. The third kappa shape index (κ3) is 1.25. The number of nitrogens with zero attached hydrogens (tertiary/aromatic N) is 1. The smallest absolute Gasteiger partial charge is 0.0660 e. The van der Waals surface area contributed by atoms with Gasteiger partial charge in [0.2, 0.25) is 0 Å². The lowest BCUT2D eigenvalue weighted by Gasteiger charge is -2.05. The van der Waals surface area contributed by atoms with Crippen LogP contribution in [0.1, 0.15) is 13.3 Å². The van der Waals surface area contributed by atoms with E-state index in [0.29, 0.717) is 0 Å². The van der Waals surface area contributed by atoms with Crippen molar-refractivity contribution in [2.24, 2.45) is 4.99 Å². The Morgan fingerprint density at radius 3 is 3.08 bits per heavy atom. The van der Waals surface area contributed by atoms with Gasteiger partial charge in [-0.15, -0.1) is 0 Å². The summed E-state index contributed by atoms with van der Waals surface area (Å²) in [4.78, 5) is 4.40. The van der Waals surface area contributed by atoms with Crippen molar-refractivity contribution in [3.05, 3.63) is 33.8 Å². The monoisotopic (exact) mass is 179 g/mol. The summed E-state index contributed by atoms with van der Waals surface area (Å²) in [5, 5.41) is 3.07. The van der Waals surface area contributed by atoms with Gasteiger partial charge in [-0.25, -0.2) is 0 Å². The molecule has 62 valence electrons. The van der Waals surface area contributed by atoms with Crippen molar-refractivity contribution in [3.63, 3.8) is 0 Å². The van der Waals surface area contributed by atoms with E-state index in [1.165, 1.54) is 10.8 Å². The van der Waals surface area contributed by atoms with Crippen LogP contribution in [0.4, 0.5) is 0 Å². The molecule has 1 aromatic rings.